The molecule has 2 aromatic heterocycles. The Balaban J connectivity index is 1.43. The van der Waals surface area contributed by atoms with E-state index in [0.717, 1.165) is 57.4 Å². The summed E-state index contributed by atoms with van der Waals surface area (Å²) < 4.78 is 7.66. The van der Waals surface area contributed by atoms with Crippen LogP contribution in [0.25, 0.3) is 0 Å². The Bertz CT molecular complexity index is 698. The molecule has 4 rings (SSSR count). The van der Waals surface area contributed by atoms with Gasteiger partial charge in [-0.2, -0.15) is 5.10 Å². The van der Waals surface area contributed by atoms with E-state index in [9.17, 15) is 4.79 Å². The van der Waals surface area contributed by atoms with Crippen molar-refractivity contribution in [2.75, 3.05) is 11.9 Å². The number of hydrogen-bond acceptors (Lipinski definition) is 4. The van der Waals surface area contributed by atoms with E-state index in [-0.39, 0.29) is 17.4 Å². The van der Waals surface area contributed by atoms with Crippen molar-refractivity contribution in [1.82, 2.24) is 9.78 Å². The van der Waals surface area contributed by atoms with Crippen LogP contribution in [0, 0.1) is 0 Å². The van der Waals surface area contributed by atoms with Crippen LogP contribution in [0.5, 0.6) is 0 Å². The lowest BCUT2D eigenvalue weighted by Crippen LogP contribution is -2.37. The summed E-state index contributed by atoms with van der Waals surface area (Å²) in [5.41, 5.74) is 0.423. The summed E-state index contributed by atoms with van der Waals surface area (Å²) in [6, 6.07) is 4.13. The molecule has 0 spiro atoms. The van der Waals surface area contributed by atoms with Crippen LogP contribution in [0.15, 0.2) is 29.9 Å². The van der Waals surface area contributed by atoms with Crippen molar-refractivity contribution in [3.05, 3.63) is 34.8 Å². The molecule has 5 nitrogen and oxygen atoms in total. The molecule has 1 aliphatic carbocycles. The Labute approximate surface area is 152 Å². The smallest absolute Gasteiger partial charge is 0.235 e. The summed E-state index contributed by atoms with van der Waals surface area (Å²) in [6.45, 7) is 1.60. The van der Waals surface area contributed by atoms with Gasteiger partial charge in [0.25, 0.3) is 0 Å². The van der Waals surface area contributed by atoms with Crippen LogP contribution >= 0.6 is 11.3 Å². The third-order valence-electron chi connectivity index (χ3n) is 5.44. The third kappa shape index (κ3) is 3.51. The zero-order chi connectivity index (χ0) is 17.1. The summed E-state index contributed by atoms with van der Waals surface area (Å²) in [7, 11) is 0. The molecule has 1 saturated carbocycles. The number of nitrogens with one attached hydrogen (secondary N) is 1. The maximum atomic E-state index is 13.1. The Morgan fingerprint density at radius 2 is 2.24 bits per heavy atom. The lowest BCUT2D eigenvalue weighted by Gasteiger charge is -2.26. The van der Waals surface area contributed by atoms with Gasteiger partial charge in [0.1, 0.15) is 0 Å². The maximum Gasteiger partial charge on any atom is 0.235 e. The molecule has 134 valence electrons. The van der Waals surface area contributed by atoms with Gasteiger partial charge in [0.15, 0.2) is 0 Å². The highest BCUT2D eigenvalue weighted by molar-refractivity contribution is 7.10. The third-order valence-corrected chi connectivity index (χ3v) is 6.51. The highest BCUT2D eigenvalue weighted by Crippen LogP contribution is 2.43. The molecule has 0 radical (unpaired) electrons. The molecule has 6 heteroatoms. The van der Waals surface area contributed by atoms with Crippen molar-refractivity contribution >= 4 is 22.9 Å². The molecule has 1 amide bonds. The molecule has 2 aliphatic rings. The van der Waals surface area contributed by atoms with Gasteiger partial charge in [-0.15, -0.1) is 11.3 Å². The van der Waals surface area contributed by atoms with Crippen LogP contribution in [0.3, 0.4) is 0 Å². The number of rotatable bonds is 5. The van der Waals surface area contributed by atoms with E-state index in [2.05, 4.69) is 21.9 Å². The predicted molar refractivity (Wildman–Crippen MR) is 98.9 cm³/mol. The van der Waals surface area contributed by atoms with E-state index in [0.29, 0.717) is 0 Å². The second kappa shape index (κ2) is 7.30. The van der Waals surface area contributed by atoms with Gasteiger partial charge >= 0.3 is 0 Å². The summed E-state index contributed by atoms with van der Waals surface area (Å²) >= 11 is 1.69. The number of nitrogens with zero attached hydrogens (tertiary/aromatic N) is 2. The summed E-state index contributed by atoms with van der Waals surface area (Å²) in [6.07, 6.45) is 11.5. The zero-order valence-electron chi connectivity index (χ0n) is 14.4. The molecule has 1 saturated heterocycles. The number of carbonyl (C=O) groups excluding carboxylic acids is 1. The van der Waals surface area contributed by atoms with E-state index >= 15 is 0 Å². The summed E-state index contributed by atoms with van der Waals surface area (Å²) in [5.74, 6) is 0.112. The first kappa shape index (κ1) is 16.8. The fourth-order valence-electron chi connectivity index (χ4n) is 4.05. The Morgan fingerprint density at radius 3 is 2.96 bits per heavy atom. The number of thiophene rings is 1. The minimum absolute atomic E-state index is 0.112. The largest absolute Gasteiger partial charge is 0.376 e. The van der Waals surface area contributed by atoms with Gasteiger partial charge in [-0.1, -0.05) is 18.9 Å². The fraction of sp³-hybridized carbons (Fsp3) is 0.579. The second-order valence-electron chi connectivity index (χ2n) is 7.16. The van der Waals surface area contributed by atoms with Crippen LogP contribution in [0.4, 0.5) is 5.69 Å². The number of amides is 1. The van der Waals surface area contributed by atoms with Crippen LogP contribution in [0.1, 0.15) is 49.8 Å². The molecule has 0 bridgehead atoms. The normalized spacial score (nSPS) is 22.8. The van der Waals surface area contributed by atoms with Gasteiger partial charge in [-0.3, -0.25) is 9.48 Å². The maximum absolute atomic E-state index is 13.1. The van der Waals surface area contributed by atoms with Gasteiger partial charge in [0, 0.05) is 17.7 Å². The molecule has 25 heavy (non-hydrogen) atoms. The highest BCUT2D eigenvalue weighted by Gasteiger charge is 2.43. The Hall–Kier alpha value is -1.66. The first-order valence-electron chi connectivity index (χ1n) is 9.26. The number of anilines is 1. The van der Waals surface area contributed by atoms with E-state index in [1.165, 1.54) is 11.3 Å². The summed E-state index contributed by atoms with van der Waals surface area (Å²) in [5, 5.41) is 9.57. The van der Waals surface area contributed by atoms with E-state index in [4.69, 9.17) is 4.74 Å². The molecular formula is C19H25N3O2S. The van der Waals surface area contributed by atoms with Crippen LogP contribution in [-0.2, 0) is 21.5 Å². The topological polar surface area (TPSA) is 56.2 Å². The van der Waals surface area contributed by atoms with Gasteiger partial charge in [-0.25, -0.2) is 0 Å². The monoisotopic (exact) mass is 359 g/mol. The minimum Gasteiger partial charge on any atom is -0.376 e. The zero-order valence-corrected chi connectivity index (χ0v) is 15.3. The van der Waals surface area contributed by atoms with Crippen molar-refractivity contribution in [2.24, 2.45) is 0 Å². The van der Waals surface area contributed by atoms with Crippen LogP contribution in [0.2, 0.25) is 0 Å². The van der Waals surface area contributed by atoms with Gasteiger partial charge in [0.2, 0.25) is 5.91 Å². The van der Waals surface area contributed by atoms with Crippen LogP contribution < -0.4 is 5.32 Å². The quantitative estimate of drug-likeness (QED) is 0.879. The Morgan fingerprint density at radius 1 is 1.36 bits per heavy atom. The lowest BCUT2D eigenvalue weighted by atomic mass is 9.83. The van der Waals surface area contributed by atoms with Gasteiger partial charge < -0.3 is 10.1 Å². The molecule has 0 aromatic carbocycles. The van der Waals surface area contributed by atoms with Crippen molar-refractivity contribution < 1.29 is 9.53 Å². The standard InChI is InChI=1S/C19H25N3O2S/c23-18(19(8-2-3-9-19)17-7-5-11-25-17)21-15-12-20-22(13-15)14-16-6-1-4-10-24-16/h5,7,11-13,16H,1-4,6,8-10,14H2,(H,21,23). The molecule has 1 atom stereocenters. The van der Waals surface area contributed by atoms with E-state index in [1.54, 1.807) is 17.5 Å². The van der Waals surface area contributed by atoms with Gasteiger partial charge in [0.05, 0.1) is 29.9 Å². The van der Waals surface area contributed by atoms with Crippen molar-refractivity contribution in [2.45, 2.75) is 63.0 Å². The highest BCUT2D eigenvalue weighted by atomic mass is 32.1. The van der Waals surface area contributed by atoms with Gasteiger partial charge in [-0.05, 0) is 43.6 Å². The lowest BCUT2D eigenvalue weighted by molar-refractivity contribution is -0.121. The van der Waals surface area contributed by atoms with Crippen molar-refractivity contribution in [3.63, 3.8) is 0 Å². The molecule has 1 aliphatic heterocycles. The molecule has 2 aromatic rings. The average molecular weight is 359 g/mol. The number of aromatic nitrogens is 2. The van der Waals surface area contributed by atoms with Crippen LogP contribution in [-0.4, -0.2) is 28.4 Å². The molecular weight excluding hydrogens is 334 g/mol. The first-order valence-corrected chi connectivity index (χ1v) is 10.1. The first-order chi connectivity index (χ1) is 12.3. The number of carbonyl (C=O) groups is 1. The molecule has 1 N–H and O–H groups in total. The predicted octanol–water partition coefficient (Wildman–Crippen LogP) is 3.96. The van der Waals surface area contributed by atoms with E-state index < -0.39 is 0 Å². The Kier molecular flexibility index (Phi) is 4.90. The van der Waals surface area contributed by atoms with Crippen molar-refractivity contribution in [1.29, 1.82) is 0 Å². The van der Waals surface area contributed by atoms with E-state index in [1.807, 2.05) is 16.9 Å². The number of ether oxygens (including phenoxy) is 1. The molecule has 1 unspecified atom stereocenters. The fourth-order valence-corrected chi connectivity index (χ4v) is 5.04. The second-order valence-corrected chi connectivity index (χ2v) is 8.11. The van der Waals surface area contributed by atoms with Crippen molar-refractivity contribution in [3.8, 4) is 0 Å². The SMILES string of the molecule is O=C(Nc1cnn(CC2CCCCO2)c1)C1(c2cccs2)CCCC1. The average Bonchev–Trinajstić information content (AvgIpc) is 3.38. The number of hydrogen-bond donors (Lipinski definition) is 1. The molecule has 3 heterocycles. The minimum atomic E-state index is -0.358. The summed E-state index contributed by atoms with van der Waals surface area (Å²) in [4.78, 5) is 14.3. The molecule has 2 fully saturated rings.